The van der Waals surface area contributed by atoms with E-state index in [1.54, 1.807) is 45.0 Å². The molecule has 7 heteroatoms. The maximum atomic E-state index is 11.9. The van der Waals surface area contributed by atoms with Crippen LogP contribution >= 0.6 is 11.6 Å². The minimum Gasteiger partial charge on any atom is -0.324 e. The van der Waals surface area contributed by atoms with Crippen LogP contribution in [0, 0.1) is 28.1 Å². The number of hydrogen-bond donors (Lipinski definition) is 2. The molecule has 0 fully saturated rings. The zero-order valence-corrected chi connectivity index (χ0v) is 12.6. The van der Waals surface area contributed by atoms with E-state index < -0.39 is 5.41 Å². The van der Waals surface area contributed by atoms with Crippen molar-refractivity contribution in [1.82, 2.24) is 0 Å². The Balaban J connectivity index is 2.88. The van der Waals surface area contributed by atoms with Gasteiger partial charge in [-0.3, -0.25) is 10.2 Å². The van der Waals surface area contributed by atoms with Crippen molar-refractivity contribution in [1.29, 1.82) is 10.5 Å². The molecule has 0 saturated carbocycles. The van der Waals surface area contributed by atoms with Gasteiger partial charge in [-0.15, -0.1) is 0 Å². The second kappa shape index (κ2) is 6.74. The zero-order chi connectivity index (χ0) is 16.0. The van der Waals surface area contributed by atoms with Gasteiger partial charge in [0.25, 0.3) is 0 Å². The Morgan fingerprint density at radius 2 is 1.90 bits per heavy atom. The third kappa shape index (κ3) is 4.79. The highest BCUT2D eigenvalue weighted by atomic mass is 35.5. The van der Waals surface area contributed by atoms with Crippen molar-refractivity contribution >= 4 is 34.6 Å². The lowest BCUT2D eigenvalue weighted by atomic mass is 9.95. The Hall–Kier alpha value is -2.57. The molecule has 0 aliphatic rings. The molecule has 0 unspecified atom stereocenters. The molecule has 1 aromatic carbocycles. The van der Waals surface area contributed by atoms with Crippen molar-refractivity contribution in [3.05, 3.63) is 23.2 Å². The lowest BCUT2D eigenvalue weighted by Gasteiger charge is -2.18. The van der Waals surface area contributed by atoms with Crippen molar-refractivity contribution < 1.29 is 4.79 Å². The number of hydrazone groups is 1. The Labute approximate surface area is 128 Å². The third-order valence-corrected chi connectivity index (χ3v) is 2.72. The summed E-state index contributed by atoms with van der Waals surface area (Å²) in [5.74, 6) is -0.153. The number of nitrogens with zero attached hydrogens (tertiary/aromatic N) is 3. The van der Waals surface area contributed by atoms with Crippen LogP contribution in [0.15, 0.2) is 23.3 Å². The molecule has 0 heterocycles. The van der Waals surface area contributed by atoms with Gasteiger partial charge in [-0.2, -0.15) is 15.6 Å². The van der Waals surface area contributed by atoms with Gasteiger partial charge in [0.2, 0.25) is 11.6 Å². The van der Waals surface area contributed by atoms with E-state index in [1.807, 2.05) is 0 Å². The number of carbonyl (C=O) groups is 1. The summed E-state index contributed by atoms with van der Waals surface area (Å²) in [6, 6.07) is 8.03. The molecule has 21 heavy (non-hydrogen) atoms. The summed E-state index contributed by atoms with van der Waals surface area (Å²) in [5.41, 5.74) is 2.70. The number of hydrogen-bond acceptors (Lipinski definition) is 5. The maximum Gasteiger partial charge on any atom is 0.237 e. The standard InChI is InChI=1S/C14H14ClN5O/c1-14(2,3)13(21)18-12-5-4-9(6-11(12)15)19-20-10(7-16)8-17/h4-6,19H,1-3H3,(H,18,21). The fourth-order valence-corrected chi connectivity index (χ4v) is 1.42. The monoisotopic (exact) mass is 303 g/mol. The highest BCUT2D eigenvalue weighted by Gasteiger charge is 2.21. The molecule has 108 valence electrons. The quantitative estimate of drug-likeness (QED) is 0.661. The summed E-state index contributed by atoms with van der Waals surface area (Å²) < 4.78 is 0. The second-order valence-corrected chi connectivity index (χ2v) is 5.60. The molecule has 0 aromatic heterocycles. The van der Waals surface area contributed by atoms with Crippen LogP contribution < -0.4 is 10.7 Å². The Kier molecular flexibility index (Phi) is 5.29. The lowest BCUT2D eigenvalue weighted by molar-refractivity contribution is -0.123. The topological polar surface area (TPSA) is 101 Å². The highest BCUT2D eigenvalue weighted by Crippen LogP contribution is 2.27. The fraction of sp³-hybridized carbons (Fsp3) is 0.286. The molecule has 0 aliphatic carbocycles. The first-order valence-corrected chi connectivity index (χ1v) is 6.40. The van der Waals surface area contributed by atoms with Crippen molar-refractivity contribution in [2.24, 2.45) is 10.5 Å². The molecule has 0 bridgehead atoms. The first-order chi connectivity index (χ1) is 9.77. The maximum absolute atomic E-state index is 11.9. The van der Waals surface area contributed by atoms with E-state index in [2.05, 4.69) is 15.8 Å². The van der Waals surface area contributed by atoms with E-state index in [1.165, 1.54) is 6.07 Å². The van der Waals surface area contributed by atoms with E-state index in [0.717, 1.165) is 0 Å². The number of nitriles is 2. The molecular weight excluding hydrogens is 290 g/mol. The van der Waals surface area contributed by atoms with Crippen molar-refractivity contribution in [2.75, 3.05) is 10.7 Å². The molecule has 0 atom stereocenters. The summed E-state index contributed by atoms with van der Waals surface area (Å²) in [4.78, 5) is 11.9. The molecule has 0 saturated heterocycles. The van der Waals surface area contributed by atoms with E-state index in [4.69, 9.17) is 22.1 Å². The van der Waals surface area contributed by atoms with Crippen LogP contribution in [0.5, 0.6) is 0 Å². The molecule has 1 amide bonds. The molecule has 2 N–H and O–H groups in total. The molecule has 1 aromatic rings. The van der Waals surface area contributed by atoms with Gasteiger partial charge in [0.1, 0.15) is 12.1 Å². The van der Waals surface area contributed by atoms with Crippen molar-refractivity contribution in [3.63, 3.8) is 0 Å². The largest absolute Gasteiger partial charge is 0.324 e. The number of benzene rings is 1. The zero-order valence-electron chi connectivity index (χ0n) is 11.9. The van der Waals surface area contributed by atoms with Crippen LogP contribution in [0.3, 0.4) is 0 Å². The molecular formula is C14H14ClN5O. The molecule has 0 aliphatic heterocycles. The fourth-order valence-electron chi connectivity index (χ4n) is 1.19. The first kappa shape index (κ1) is 16.5. The molecule has 1 rings (SSSR count). The van der Waals surface area contributed by atoms with Crippen LogP contribution in [0.4, 0.5) is 11.4 Å². The summed E-state index contributed by atoms with van der Waals surface area (Å²) >= 11 is 6.07. The predicted octanol–water partition coefficient (Wildman–Crippen LogP) is 3.14. The number of carbonyl (C=O) groups excluding carboxylic acids is 1. The van der Waals surface area contributed by atoms with Crippen LogP contribution in [-0.4, -0.2) is 11.6 Å². The Bertz CT molecular complexity index is 645. The second-order valence-electron chi connectivity index (χ2n) is 5.19. The summed E-state index contributed by atoms with van der Waals surface area (Å²) in [6.07, 6.45) is 0. The van der Waals surface area contributed by atoms with E-state index in [-0.39, 0.29) is 11.6 Å². The Morgan fingerprint density at radius 1 is 1.29 bits per heavy atom. The van der Waals surface area contributed by atoms with E-state index >= 15 is 0 Å². The number of amides is 1. The van der Waals surface area contributed by atoms with Gasteiger partial charge in [-0.05, 0) is 18.2 Å². The lowest BCUT2D eigenvalue weighted by Crippen LogP contribution is -2.27. The van der Waals surface area contributed by atoms with Gasteiger partial charge >= 0.3 is 0 Å². The SMILES string of the molecule is CC(C)(C)C(=O)Nc1ccc(NN=C(C#N)C#N)cc1Cl. The average molecular weight is 304 g/mol. The summed E-state index contributed by atoms with van der Waals surface area (Å²) in [6.45, 7) is 5.39. The smallest absolute Gasteiger partial charge is 0.237 e. The number of nitrogens with one attached hydrogen (secondary N) is 2. The molecule has 0 radical (unpaired) electrons. The Morgan fingerprint density at radius 3 is 2.38 bits per heavy atom. The van der Waals surface area contributed by atoms with E-state index in [9.17, 15) is 4.79 Å². The number of rotatable bonds is 3. The number of anilines is 2. The van der Waals surface area contributed by atoms with Gasteiger partial charge in [0, 0.05) is 5.41 Å². The minimum atomic E-state index is -0.529. The average Bonchev–Trinajstić information content (AvgIpc) is 2.41. The van der Waals surface area contributed by atoms with Crippen LogP contribution in [0.25, 0.3) is 0 Å². The predicted molar refractivity (Wildman–Crippen MR) is 81.8 cm³/mol. The van der Waals surface area contributed by atoms with Crippen LogP contribution in [0.2, 0.25) is 5.02 Å². The van der Waals surface area contributed by atoms with Crippen molar-refractivity contribution in [2.45, 2.75) is 20.8 Å². The van der Waals surface area contributed by atoms with Crippen LogP contribution in [-0.2, 0) is 4.79 Å². The van der Waals surface area contributed by atoms with Crippen LogP contribution in [0.1, 0.15) is 20.8 Å². The minimum absolute atomic E-state index is 0.153. The van der Waals surface area contributed by atoms with Gasteiger partial charge < -0.3 is 5.32 Å². The first-order valence-electron chi connectivity index (χ1n) is 6.03. The summed E-state index contributed by atoms with van der Waals surface area (Å²) in [5, 5.41) is 23.8. The third-order valence-electron chi connectivity index (χ3n) is 2.41. The van der Waals surface area contributed by atoms with Gasteiger partial charge in [0.05, 0.1) is 16.4 Å². The van der Waals surface area contributed by atoms with Crippen molar-refractivity contribution in [3.8, 4) is 12.1 Å². The van der Waals surface area contributed by atoms with Gasteiger partial charge in [-0.25, -0.2) is 0 Å². The van der Waals surface area contributed by atoms with Gasteiger partial charge in [0.15, 0.2) is 0 Å². The molecule has 6 nitrogen and oxygen atoms in total. The normalized spacial score (nSPS) is 10.0. The molecule has 0 spiro atoms. The number of halogens is 1. The highest BCUT2D eigenvalue weighted by molar-refractivity contribution is 6.34. The van der Waals surface area contributed by atoms with Gasteiger partial charge in [-0.1, -0.05) is 32.4 Å². The summed E-state index contributed by atoms with van der Waals surface area (Å²) in [7, 11) is 0. The van der Waals surface area contributed by atoms with E-state index in [0.29, 0.717) is 16.4 Å².